The molecule has 0 heterocycles. The summed E-state index contributed by atoms with van der Waals surface area (Å²) in [4.78, 5) is 0. The lowest BCUT2D eigenvalue weighted by Gasteiger charge is -2.42. The number of hydrogen-bond donors (Lipinski definition) is 1. The number of hydrogen-bond acceptors (Lipinski definition) is 3. The topological polar surface area (TPSA) is 18.5 Å². The minimum atomic E-state index is -0.565. The number of benzene rings is 2. The zero-order chi connectivity index (χ0) is 20.2. The Labute approximate surface area is 170 Å². The molecule has 2 nitrogen and oxygen atoms in total. The lowest BCUT2D eigenvalue weighted by atomic mass is 9.81. The van der Waals surface area contributed by atoms with Gasteiger partial charge in [0.1, 0.15) is 5.60 Å². The van der Waals surface area contributed by atoms with E-state index in [0.717, 1.165) is 6.42 Å². The molecule has 27 heavy (non-hydrogen) atoms. The van der Waals surface area contributed by atoms with Crippen LogP contribution in [-0.2, 0) is 21.9 Å². The zero-order valence-corrected chi connectivity index (χ0v) is 18.7. The molecule has 0 aliphatic carbocycles. The third-order valence-electron chi connectivity index (χ3n) is 5.82. The maximum atomic E-state index is 6.34. The van der Waals surface area contributed by atoms with E-state index in [0.29, 0.717) is 12.5 Å². The summed E-state index contributed by atoms with van der Waals surface area (Å²) in [6, 6.07) is 15.0. The highest BCUT2D eigenvalue weighted by Gasteiger charge is 2.43. The molecule has 2 aromatic carbocycles. The van der Waals surface area contributed by atoms with Gasteiger partial charge in [0, 0.05) is 6.42 Å². The normalized spacial score (nSPS) is 14.4. The Bertz CT molecular complexity index is 767. The average Bonchev–Trinajstić information content (AvgIpc) is 2.60. The highest BCUT2D eigenvalue weighted by Crippen LogP contribution is 2.35. The van der Waals surface area contributed by atoms with E-state index in [2.05, 4.69) is 91.7 Å². The van der Waals surface area contributed by atoms with Crippen LogP contribution < -0.4 is 0 Å². The molecule has 0 fully saturated rings. The monoisotopic (exact) mass is 386 g/mol. The summed E-state index contributed by atoms with van der Waals surface area (Å²) in [5.41, 5.74) is 5.31. The molecule has 0 N–H and O–H groups in total. The molecule has 0 radical (unpaired) electrons. The Hall–Kier alpha value is -1.29. The van der Waals surface area contributed by atoms with Crippen molar-refractivity contribution in [3.05, 3.63) is 70.3 Å². The Morgan fingerprint density at radius 3 is 2.19 bits per heavy atom. The first-order valence-corrected chi connectivity index (χ1v) is 10.1. The van der Waals surface area contributed by atoms with Crippen LogP contribution in [0.4, 0.5) is 0 Å². The van der Waals surface area contributed by atoms with Crippen LogP contribution in [0, 0.1) is 13.8 Å². The van der Waals surface area contributed by atoms with Crippen molar-refractivity contribution in [3.63, 3.8) is 0 Å². The van der Waals surface area contributed by atoms with Crippen LogP contribution in [0.2, 0.25) is 0 Å². The third kappa shape index (κ3) is 5.16. The maximum Gasteiger partial charge on any atom is 0.112 e. The highest BCUT2D eigenvalue weighted by atomic mass is 32.1. The van der Waals surface area contributed by atoms with Crippen molar-refractivity contribution in [2.45, 2.75) is 78.6 Å². The molecule has 0 saturated heterocycles. The van der Waals surface area contributed by atoms with Crippen molar-refractivity contribution in [2.24, 2.45) is 0 Å². The minimum Gasteiger partial charge on any atom is -0.368 e. The summed E-state index contributed by atoms with van der Waals surface area (Å²) in [5, 5.41) is 0. The van der Waals surface area contributed by atoms with E-state index in [4.69, 9.17) is 8.92 Å². The number of ether oxygens (including phenoxy) is 1. The van der Waals surface area contributed by atoms with Crippen LogP contribution in [0.3, 0.4) is 0 Å². The molecule has 0 bridgehead atoms. The molecule has 0 aliphatic rings. The van der Waals surface area contributed by atoms with Gasteiger partial charge in [0.2, 0.25) is 0 Å². The fourth-order valence-corrected chi connectivity index (χ4v) is 3.71. The van der Waals surface area contributed by atoms with Gasteiger partial charge in [-0.1, -0.05) is 56.3 Å². The van der Waals surface area contributed by atoms with Crippen LogP contribution in [0.5, 0.6) is 0 Å². The predicted octanol–water partition coefficient (Wildman–Crippen LogP) is 6.58. The summed E-state index contributed by atoms with van der Waals surface area (Å²) >= 11 is 4.22. The Morgan fingerprint density at radius 2 is 1.63 bits per heavy atom. The van der Waals surface area contributed by atoms with Gasteiger partial charge < -0.3 is 8.92 Å². The van der Waals surface area contributed by atoms with Crippen molar-refractivity contribution >= 4 is 12.9 Å². The SMILES string of the molecule is Cc1ccccc1COC(C)(C)C(C)(Cc1ccc(C(C)C)c(C)c1)OS. The molecule has 0 saturated carbocycles. The summed E-state index contributed by atoms with van der Waals surface area (Å²) in [7, 11) is 0. The number of thiol groups is 1. The van der Waals surface area contributed by atoms with Gasteiger partial charge in [-0.05, 0) is 81.3 Å². The molecule has 0 amide bonds. The van der Waals surface area contributed by atoms with Gasteiger partial charge in [-0.15, -0.1) is 0 Å². The van der Waals surface area contributed by atoms with Gasteiger partial charge in [-0.25, -0.2) is 0 Å². The van der Waals surface area contributed by atoms with Gasteiger partial charge in [-0.3, -0.25) is 0 Å². The maximum absolute atomic E-state index is 6.34. The fourth-order valence-electron chi connectivity index (χ4n) is 3.42. The summed E-state index contributed by atoms with van der Waals surface area (Å²) in [6.07, 6.45) is 0.733. The molecule has 2 aromatic rings. The molecule has 1 atom stereocenters. The molecule has 3 heteroatoms. The van der Waals surface area contributed by atoms with Crippen LogP contribution in [0.1, 0.15) is 68.4 Å². The largest absolute Gasteiger partial charge is 0.368 e. The zero-order valence-electron chi connectivity index (χ0n) is 17.8. The summed E-state index contributed by atoms with van der Waals surface area (Å²) in [5.74, 6) is 0.528. The van der Waals surface area contributed by atoms with E-state index in [1.54, 1.807) is 0 Å². The van der Waals surface area contributed by atoms with Gasteiger partial charge in [0.05, 0.1) is 12.2 Å². The molecule has 0 aromatic heterocycles. The van der Waals surface area contributed by atoms with Crippen molar-refractivity contribution in [3.8, 4) is 0 Å². The number of rotatable bonds is 8. The fraction of sp³-hybridized carbons (Fsp3) is 0.500. The standard InChI is InChI=1S/C24H34O2S/c1-17(2)22-13-12-20(14-19(22)4)15-24(7,26-27)23(5,6)25-16-21-11-9-8-10-18(21)3/h8-14,17,27H,15-16H2,1-7H3. The third-order valence-corrected chi connectivity index (χ3v) is 6.23. The molecular weight excluding hydrogens is 352 g/mol. The van der Waals surface area contributed by atoms with Crippen LogP contribution in [0.25, 0.3) is 0 Å². The summed E-state index contributed by atoms with van der Waals surface area (Å²) in [6.45, 7) is 15.5. The minimum absolute atomic E-state index is 0.512. The van der Waals surface area contributed by atoms with Crippen molar-refractivity contribution in [1.29, 1.82) is 0 Å². The van der Waals surface area contributed by atoms with E-state index in [1.807, 2.05) is 12.1 Å². The molecule has 1 unspecified atom stereocenters. The van der Waals surface area contributed by atoms with Gasteiger partial charge in [-0.2, -0.15) is 0 Å². The second kappa shape index (κ2) is 8.81. The van der Waals surface area contributed by atoms with Gasteiger partial charge in [0.15, 0.2) is 0 Å². The lowest BCUT2D eigenvalue weighted by Crippen LogP contribution is -2.51. The van der Waals surface area contributed by atoms with Crippen molar-refractivity contribution < 1.29 is 8.92 Å². The van der Waals surface area contributed by atoms with Crippen molar-refractivity contribution in [1.82, 2.24) is 0 Å². The van der Waals surface area contributed by atoms with E-state index >= 15 is 0 Å². The molecule has 0 aliphatic heterocycles. The average molecular weight is 387 g/mol. The molecule has 148 valence electrons. The lowest BCUT2D eigenvalue weighted by molar-refractivity contribution is -0.142. The van der Waals surface area contributed by atoms with E-state index in [1.165, 1.54) is 27.8 Å². The predicted molar refractivity (Wildman–Crippen MR) is 117 cm³/mol. The summed E-state index contributed by atoms with van der Waals surface area (Å²) < 4.78 is 12.1. The smallest absolute Gasteiger partial charge is 0.112 e. The van der Waals surface area contributed by atoms with E-state index < -0.39 is 11.2 Å². The molecule has 0 spiro atoms. The van der Waals surface area contributed by atoms with Crippen LogP contribution in [0.15, 0.2) is 42.5 Å². The van der Waals surface area contributed by atoms with E-state index in [-0.39, 0.29) is 0 Å². The Balaban J connectivity index is 2.18. The van der Waals surface area contributed by atoms with Crippen LogP contribution in [-0.4, -0.2) is 11.2 Å². The second-order valence-electron chi connectivity index (χ2n) is 8.57. The Kier molecular flexibility index (Phi) is 7.18. The first-order valence-electron chi connectivity index (χ1n) is 9.70. The quantitative estimate of drug-likeness (QED) is 0.408. The molecular formula is C24H34O2S. The van der Waals surface area contributed by atoms with Crippen LogP contribution >= 0.6 is 12.9 Å². The first kappa shape index (κ1) is 22.0. The van der Waals surface area contributed by atoms with E-state index in [9.17, 15) is 0 Å². The Morgan fingerprint density at radius 1 is 0.963 bits per heavy atom. The highest BCUT2D eigenvalue weighted by molar-refractivity contribution is 7.75. The van der Waals surface area contributed by atoms with Gasteiger partial charge >= 0.3 is 0 Å². The second-order valence-corrected chi connectivity index (χ2v) is 8.75. The van der Waals surface area contributed by atoms with Crippen molar-refractivity contribution in [2.75, 3.05) is 0 Å². The molecule has 2 rings (SSSR count). The number of aryl methyl sites for hydroxylation is 2. The van der Waals surface area contributed by atoms with Gasteiger partial charge in [0.25, 0.3) is 0 Å². The first-order chi connectivity index (χ1) is 12.6.